The Kier molecular flexibility index (Phi) is 2.02. The summed E-state index contributed by atoms with van der Waals surface area (Å²) in [5.41, 5.74) is 0.199. The van der Waals surface area contributed by atoms with Crippen molar-refractivity contribution in [2.24, 2.45) is 5.41 Å². The van der Waals surface area contributed by atoms with Gasteiger partial charge in [0.05, 0.1) is 6.61 Å². The average molecular weight is 143 g/mol. The first-order valence-electron chi connectivity index (χ1n) is 3.92. The maximum absolute atomic E-state index is 8.92. The molecule has 1 fully saturated rings. The normalized spacial score (nSPS) is 24.9. The van der Waals surface area contributed by atoms with Crippen molar-refractivity contribution in [2.45, 2.75) is 26.8 Å². The number of nitrogens with zero attached hydrogens (tertiary/aromatic N) is 1. The van der Waals surface area contributed by atoms with Gasteiger partial charge in [0.25, 0.3) is 0 Å². The number of aliphatic hydroxyl groups excluding tert-OH is 1. The standard InChI is InChI=1S/C8H17NO/c1-7(2)9-4-8(3,5-9)6-10/h7,10H,4-6H2,1-3H3. The van der Waals surface area contributed by atoms with Gasteiger partial charge in [-0.1, -0.05) is 6.92 Å². The summed E-state index contributed by atoms with van der Waals surface area (Å²) in [6, 6.07) is 0.639. The molecule has 1 rings (SSSR count). The molecule has 0 saturated carbocycles. The van der Waals surface area contributed by atoms with Gasteiger partial charge in [-0.25, -0.2) is 0 Å². The lowest BCUT2D eigenvalue weighted by molar-refractivity contribution is -0.0442. The maximum atomic E-state index is 8.92. The molecule has 1 aliphatic rings. The van der Waals surface area contributed by atoms with Gasteiger partial charge in [0, 0.05) is 24.5 Å². The van der Waals surface area contributed by atoms with Crippen molar-refractivity contribution in [3.05, 3.63) is 0 Å². The van der Waals surface area contributed by atoms with E-state index in [1.54, 1.807) is 0 Å². The van der Waals surface area contributed by atoms with Crippen LogP contribution in [0.4, 0.5) is 0 Å². The van der Waals surface area contributed by atoms with Crippen LogP contribution in [0, 0.1) is 5.41 Å². The van der Waals surface area contributed by atoms with E-state index in [4.69, 9.17) is 5.11 Å². The van der Waals surface area contributed by atoms with E-state index in [-0.39, 0.29) is 5.41 Å². The molecule has 0 aromatic rings. The third-order valence-electron chi connectivity index (χ3n) is 2.28. The molecule has 0 unspecified atom stereocenters. The molecule has 10 heavy (non-hydrogen) atoms. The molecule has 0 aromatic heterocycles. The molecule has 1 aliphatic heterocycles. The first-order chi connectivity index (χ1) is 4.57. The molecule has 0 aliphatic carbocycles. The second kappa shape index (κ2) is 2.51. The highest BCUT2D eigenvalue weighted by Crippen LogP contribution is 2.30. The Morgan fingerprint density at radius 1 is 1.50 bits per heavy atom. The van der Waals surface area contributed by atoms with E-state index < -0.39 is 0 Å². The van der Waals surface area contributed by atoms with E-state index >= 15 is 0 Å². The van der Waals surface area contributed by atoms with Gasteiger partial charge in [-0.2, -0.15) is 0 Å². The lowest BCUT2D eigenvalue weighted by Crippen LogP contribution is -2.58. The summed E-state index contributed by atoms with van der Waals surface area (Å²) in [5, 5.41) is 8.92. The molecular formula is C8H17NO. The Morgan fingerprint density at radius 3 is 2.30 bits per heavy atom. The van der Waals surface area contributed by atoms with Crippen LogP contribution in [0.3, 0.4) is 0 Å². The van der Waals surface area contributed by atoms with Crippen LogP contribution in [0.15, 0.2) is 0 Å². The van der Waals surface area contributed by atoms with Gasteiger partial charge in [-0.15, -0.1) is 0 Å². The predicted molar refractivity (Wildman–Crippen MR) is 41.9 cm³/mol. The molecule has 0 spiro atoms. The number of hydrogen-bond donors (Lipinski definition) is 1. The molecule has 1 heterocycles. The lowest BCUT2D eigenvalue weighted by Gasteiger charge is -2.49. The molecular weight excluding hydrogens is 126 g/mol. The lowest BCUT2D eigenvalue weighted by atomic mass is 9.82. The fourth-order valence-electron chi connectivity index (χ4n) is 1.40. The zero-order valence-electron chi connectivity index (χ0n) is 7.09. The number of likely N-dealkylation sites (tertiary alicyclic amines) is 1. The van der Waals surface area contributed by atoms with Crippen LogP contribution >= 0.6 is 0 Å². The fraction of sp³-hybridized carbons (Fsp3) is 1.00. The second-order valence-electron chi connectivity index (χ2n) is 3.97. The Morgan fingerprint density at radius 2 is 2.00 bits per heavy atom. The SMILES string of the molecule is CC(C)N1CC(C)(CO)C1. The molecule has 0 amide bonds. The summed E-state index contributed by atoms with van der Waals surface area (Å²) >= 11 is 0. The first kappa shape index (κ1) is 8.02. The maximum Gasteiger partial charge on any atom is 0.0509 e. The molecule has 60 valence electrons. The molecule has 0 radical (unpaired) electrons. The van der Waals surface area contributed by atoms with Crippen molar-refractivity contribution in [2.75, 3.05) is 19.7 Å². The predicted octanol–water partition coefficient (Wildman–Crippen LogP) is 0.709. The molecule has 1 N–H and O–H groups in total. The van der Waals surface area contributed by atoms with Gasteiger partial charge in [-0.05, 0) is 13.8 Å². The third-order valence-corrected chi connectivity index (χ3v) is 2.28. The minimum absolute atomic E-state index is 0.199. The minimum atomic E-state index is 0.199. The van der Waals surface area contributed by atoms with Crippen molar-refractivity contribution in [1.29, 1.82) is 0 Å². The van der Waals surface area contributed by atoms with Gasteiger partial charge in [-0.3, -0.25) is 4.90 Å². The van der Waals surface area contributed by atoms with Crippen LogP contribution in [0.1, 0.15) is 20.8 Å². The Bertz CT molecular complexity index is 116. The van der Waals surface area contributed by atoms with Gasteiger partial charge in [0.15, 0.2) is 0 Å². The second-order valence-corrected chi connectivity index (χ2v) is 3.97. The summed E-state index contributed by atoms with van der Waals surface area (Å²) in [4.78, 5) is 2.37. The first-order valence-corrected chi connectivity index (χ1v) is 3.92. The quantitative estimate of drug-likeness (QED) is 0.615. The van der Waals surface area contributed by atoms with E-state index in [1.165, 1.54) is 0 Å². The molecule has 0 atom stereocenters. The zero-order chi connectivity index (χ0) is 7.78. The highest BCUT2D eigenvalue weighted by molar-refractivity contribution is 4.91. The molecule has 2 heteroatoms. The fourth-order valence-corrected chi connectivity index (χ4v) is 1.40. The van der Waals surface area contributed by atoms with Gasteiger partial charge in [0.2, 0.25) is 0 Å². The van der Waals surface area contributed by atoms with E-state index in [0.29, 0.717) is 12.6 Å². The number of hydrogen-bond acceptors (Lipinski definition) is 2. The Balaban J connectivity index is 2.29. The van der Waals surface area contributed by atoms with Crippen molar-refractivity contribution in [3.63, 3.8) is 0 Å². The monoisotopic (exact) mass is 143 g/mol. The third kappa shape index (κ3) is 1.32. The van der Waals surface area contributed by atoms with E-state index in [1.807, 2.05) is 0 Å². The highest BCUT2D eigenvalue weighted by atomic mass is 16.3. The van der Waals surface area contributed by atoms with Crippen LogP contribution in [0.25, 0.3) is 0 Å². The Hall–Kier alpha value is -0.0800. The van der Waals surface area contributed by atoms with Crippen molar-refractivity contribution in [3.8, 4) is 0 Å². The number of rotatable bonds is 2. The van der Waals surface area contributed by atoms with Gasteiger partial charge in [0.1, 0.15) is 0 Å². The van der Waals surface area contributed by atoms with E-state index in [2.05, 4.69) is 25.7 Å². The summed E-state index contributed by atoms with van der Waals surface area (Å²) in [6.07, 6.45) is 0. The van der Waals surface area contributed by atoms with Crippen LogP contribution in [0.2, 0.25) is 0 Å². The molecule has 0 aromatic carbocycles. The average Bonchev–Trinajstić information content (AvgIpc) is 1.80. The smallest absolute Gasteiger partial charge is 0.0509 e. The summed E-state index contributed by atoms with van der Waals surface area (Å²) < 4.78 is 0. The molecule has 0 bridgehead atoms. The van der Waals surface area contributed by atoms with Crippen LogP contribution in [-0.4, -0.2) is 35.7 Å². The van der Waals surface area contributed by atoms with Gasteiger partial charge < -0.3 is 5.11 Å². The Labute approximate surface area is 62.8 Å². The van der Waals surface area contributed by atoms with E-state index in [9.17, 15) is 0 Å². The summed E-state index contributed by atoms with van der Waals surface area (Å²) in [6.45, 7) is 8.96. The largest absolute Gasteiger partial charge is 0.396 e. The highest BCUT2D eigenvalue weighted by Gasteiger charge is 2.38. The van der Waals surface area contributed by atoms with E-state index in [0.717, 1.165) is 13.1 Å². The number of aliphatic hydroxyl groups is 1. The summed E-state index contributed by atoms with van der Waals surface area (Å²) in [7, 11) is 0. The van der Waals surface area contributed by atoms with Crippen molar-refractivity contribution >= 4 is 0 Å². The summed E-state index contributed by atoms with van der Waals surface area (Å²) in [5.74, 6) is 0. The van der Waals surface area contributed by atoms with Crippen LogP contribution in [-0.2, 0) is 0 Å². The molecule has 2 nitrogen and oxygen atoms in total. The molecule has 1 saturated heterocycles. The van der Waals surface area contributed by atoms with Crippen LogP contribution in [0.5, 0.6) is 0 Å². The topological polar surface area (TPSA) is 23.5 Å². The van der Waals surface area contributed by atoms with Gasteiger partial charge >= 0.3 is 0 Å². The van der Waals surface area contributed by atoms with Crippen molar-refractivity contribution < 1.29 is 5.11 Å². The van der Waals surface area contributed by atoms with Crippen molar-refractivity contribution in [1.82, 2.24) is 4.90 Å². The van der Waals surface area contributed by atoms with Crippen LogP contribution < -0.4 is 0 Å². The minimum Gasteiger partial charge on any atom is -0.396 e. The zero-order valence-corrected chi connectivity index (χ0v) is 7.09.